The van der Waals surface area contributed by atoms with Crippen LogP contribution in [0.25, 0.3) is 0 Å². The Labute approximate surface area is 161 Å². The van der Waals surface area contributed by atoms with E-state index >= 15 is 0 Å². The van der Waals surface area contributed by atoms with Crippen LogP contribution in [0.3, 0.4) is 0 Å². The maximum absolute atomic E-state index is 12.1. The van der Waals surface area contributed by atoms with Crippen molar-refractivity contribution in [3.05, 3.63) is 11.6 Å². The quantitative estimate of drug-likeness (QED) is 0.426. The van der Waals surface area contributed by atoms with Crippen LogP contribution in [0.5, 0.6) is 0 Å². The first kappa shape index (κ1) is 20.1. The van der Waals surface area contributed by atoms with E-state index < -0.39 is 10.0 Å². The van der Waals surface area contributed by atoms with Gasteiger partial charge in [0.15, 0.2) is 5.96 Å². The summed E-state index contributed by atoms with van der Waals surface area (Å²) in [6.07, 6.45) is 5.29. The predicted octanol–water partition coefficient (Wildman–Crippen LogP) is 0.176. The highest BCUT2D eigenvalue weighted by Crippen LogP contribution is 2.25. The normalized spacial score (nSPS) is 20.8. The van der Waals surface area contributed by atoms with Gasteiger partial charge in [-0.15, -0.1) is 0 Å². The van der Waals surface area contributed by atoms with Gasteiger partial charge >= 0.3 is 0 Å². The molecular formula is C17H31N7O2S. The molecule has 3 N–H and O–H groups in total. The van der Waals surface area contributed by atoms with Gasteiger partial charge in [0.05, 0.1) is 18.8 Å². The number of aliphatic imine (C=N–C) groups is 1. The van der Waals surface area contributed by atoms with Crippen molar-refractivity contribution >= 4 is 16.0 Å². The number of rotatable bonds is 8. The third kappa shape index (κ3) is 5.90. The highest BCUT2D eigenvalue weighted by Gasteiger charge is 2.22. The monoisotopic (exact) mass is 397 g/mol. The highest BCUT2D eigenvalue weighted by molar-refractivity contribution is 7.89. The highest BCUT2D eigenvalue weighted by atomic mass is 32.2. The molecular weight excluding hydrogens is 366 g/mol. The lowest BCUT2D eigenvalue weighted by Gasteiger charge is -2.25. The Hall–Kier alpha value is -1.68. The van der Waals surface area contributed by atoms with Gasteiger partial charge in [0.1, 0.15) is 11.6 Å². The summed E-state index contributed by atoms with van der Waals surface area (Å²) in [6, 6.07) is 0.199. The van der Waals surface area contributed by atoms with E-state index in [0.717, 1.165) is 50.4 Å². The van der Waals surface area contributed by atoms with Gasteiger partial charge in [-0.1, -0.05) is 6.42 Å². The lowest BCUT2D eigenvalue weighted by Crippen LogP contribution is -2.47. The lowest BCUT2D eigenvalue weighted by molar-refractivity contribution is 0.316. The molecule has 1 fully saturated rings. The van der Waals surface area contributed by atoms with Gasteiger partial charge in [0.2, 0.25) is 10.0 Å². The number of hydrogen-bond acceptors (Lipinski definition) is 5. The minimum absolute atomic E-state index is 0.00732. The maximum atomic E-state index is 12.1. The molecule has 10 heteroatoms. The topological polar surface area (TPSA) is 113 Å². The van der Waals surface area contributed by atoms with Crippen molar-refractivity contribution in [2.45, 2.75) is 58.5 Å². The fourth-order valence-corrected chi connectivity index (χ4v) is 4.32. The molecule has 152 valence electrons. The molecule has 0 amide bonds. The van der Waals surface area contributed by atoms with Gasteiger partial charge < -0.3 is 10.6 Å². The van der Waals surface area contributed by atoms with Gasteiger partial charge in [-0.05, 0) is 39.0 Å². The van der Waals surface area contributed by atoms with E-state index in [0.29, 0.717) is 18.4 Å². The first-order chi connectivity index (χ1) is 12.9. The molecule has 1 aliphatic carbocycles. The molecule has 0 radical (unpaired) electrons. The Balaban J connectivity index is 1.49. The van der Waals surface area contributed by atoms with Crippen molar-refractivity contribution in [1.82, 2.24) is 30.1 Å². The second kappa shape index (κ2) is 9.01. The first-order valence-electron chi connectivity index (χ1n) is 9.87. The van der Waals surface area contributed by atoms with E-state index in [1.165, 1.54) is 6.42 Å². The number of guanidine groups is 1. The Morgan fingerprint density at radius 3 is 2.85 bits per heavy atom. The number of nitrogens with zero attached hydrogens (tertiary/aromatic N) is 4. The minimum atomic E-state index is -3.27. The van der Waals surface area contributed by atoms with E-state index in [1.54, 1.807) is 0 Å². The van der Waals surface area contributed by atoms with Crippen molar-refractivity contribution in [3.63, 3.8) is 0 Å². The number of aromatic nitrogens is 3. The Kier molecular flexibility index (Phi) is 6.69. The van der Waals surface area contributed by atoms with Crippen molar-refractivity contribution in [2.75, 3.05) is 25.4 Å². The molecule has 1 aromatic rings. The number of aryl methyl sites for hydroxylation is 2. The number of fused-ring (bicyclic) bond motifs is 1. The van der Waals surface area contributed by atoms with Crippen LogP contribution in [-0.2, 0) is 23.0 Å². The van der Waals surface area contributed by atoms with E-state index in [4.69, 9.17) is 0 Å². The Bertz CT molecular complexity index is 755. The van der Waals surface area contributed by atoms with Crippen molar-refractivity contribution < 1.29 is 8.42 Å². The maximum Gasteiger partial charge on any atom is 0.213 e. The van der Waals surface area contributed by atoms with Crippen LogP contribution >= 0.6 is 0 Å². The summed E-state index contributed by atoms with van der Waals surface area (Å²) in [5.41, 5.74) is 0. The molecule has 3 rings (SSSR count). The molecule has 1 saturated carbocycles. The molecule has 0 saturated heterocycles. The number of hydrogen-bond donors (Lipinski definition) is 3. The van der Waals surface area contributed by atoms with Crippen molar-refractivity contribution in [2.24, 2.45) is 10.9 Å². The zero-order valence-electron chi connectivity index (χ0n) is 16.2. The fourth-order valence-electron chi connectivity index (χ4n) is 3.36. The molecule has 1 aliphatic heterocycles. The zero-order valence-corrected chi connectivity index (χ0v) is 17.1. The third-order valence-corrected chi connectivity index (χ3v) is 6.42. The molecule has 0 bridgehead atoms. The van der Waals surface area contributed by atoms with E-state index in [-0.39, 0.29) is 18.3 Å². The zero-order chi connectivity index (χ0) is 19.3. The van der Waals surface area contributed by atoms with E-state index in [1.807, 2.05) is 18.5 Å². The molecule has 1 unspecified atom stereocenters. The average molecular weight is 398 g/mol. The Morgan fingerprint density at radius 2 is 2.15 bits per heavy atom. The summed E-state index contributed by atoms with van der Waals surface area (Å²) in [5.74, 6) is 2.99. The summed E-state index contributed by atoms with van der Waals surface area (Å²) in [7, 11) is -3.27. The van der Waals surface area contributed by atoms with Crippen LogP contribution in [0.15, 0.2) is 4.99 Å². The second-order valence-corrected chi connectivity index (χ2v) is 9.29. The third-order valence-electron chi connectivity index (χ3n) is 5.10. The lowest BCUT2D eigenvalue weighted by atomic mass is 9.86. The second-order valence-electron chi connectivity index (χ2n) is 7.36. The molecule has 27 heavy (non-hydrogen) atoms. The molecule has 1 atom stereocenters. The van der Waals surface area contributed by atoms with Gasteiger partial charge in [0, 0.05) is 25.6 Å². The molecule has 2 aliphatic rings. The van der Waals surface area contributed by atoms with Crippen LogP contribution in [0.4, 0.5) is 0 Å². The molecule has 9 nitrogen and oxygen atoms in total. The van der Waals surface area contributed by atoms with E-state index in [2.05, 4.69) is 30.4 Å². The van der Waals surface area contributed by atoms with Crippen LogP contribution in [0, 0.1) is 12.8 Å². The van der Waals surface area contributed by atoms with Crippen molar-refractivity contribution in [1.29, 1.82) is 0 Å². The first-order valence-corrected chi connectivity index (χ1v) is 11.5. The fraction of sp³-hybridized carbons (Fsp3) is 0.824. The van der Waals surface area contributed by atoms with E-state index in [9.17, 15) is 8.42 Å². The molecule has 0 spiro atoms. The number of nitrogens with one attached hydrogen (secondary N) is 3. The molecule has 0 aromatic carbocycles. The van der Waals surface area contributed by atoms with Gasteiger partial charge in [-0.3, -0.25) is 4.99 Å². The summed E-state index contributed by atoms with van der Waals surface area (Å²) >= 11 is 0. The standard InChI is InChI=1S/C17H31N7O2S/c1-3-18-17(19-9-10-27(25,26)20-11-14-5-4-6-14)22-15-7-8-16-21-13(2)23-24(16)12-15/h14-15,20H,3-12H2,1-2H3,(H2,18,19,22). The Morgan fingerprint density at radius 1 is 1.33 bits per heavy atom. The predicted molar refractivity (Wildman–Crippen MR) is 105 cm³/mol. The SMILES string of the molecule is CCNC(=NCCS(=O)(=O)NCC1CCC1)NC1CCc2nc(C)nn2C1. The van der Waals surface area contributed by atoms with Crippen LogP contribution in [-0.4, -0.2) is 60.6 Å². The van der Waals surface area contributed by atoms with Crippen LogP contribution in [0.2, 0.25) is 0 Å². The summed E-state index contributed by atoms with van der Waals surface area (Å²) in [4.78, 5) is 8.87. The van der Waals surface area contributed by atoms with Gasteiger partial charge in [-0.2, -0.15) is 5.10 Å². The van der Waals surface area contributed by atoms with Crippen LogP contribution < -0.4 is 15.4 Å². The molecule has 2 heterocycles. The van der Waals surface area contributed by atoms with Crippen LogP contribution in [0.1, 0.15) is 44.3 Å². The van der Waals surface area contributed by atoms with Gasteiger partial charge in [-0.25, -0.2) is 22.8 Å². The minimum Gasteiger partial charge on any atom is -0.357 e. The summed E-state index contributed by atoms with van der Waals surface area (Å²) in [5, 5.41) is 11.0. The number of sulfonamides is 1. The average Bonchev–Trinajstić information content (AvgIpc) is 2.92. The smallest absolute Gasteiger partial charge is 0.213 e. The van der Waals surface area contributed by atoms with Gasteiger partial charge in [0.25, 0.3) is 0 Å². The molecule has 1 aromatic heterocycles. The summed E-state index contributed by atoms with van der Waals surface area (Å²) in [6.45, 7) is 6.15. The summed E-state index contributed by atoms with van der Waals surface area (Å²) < 4.78 is 28.9. The van der Waals surface area contributed by atoms with Crippen molar-refractivity contribution in [3.8, 4) is 0 Å². The largest absolute Gasteiger partial charge is 0.357 e.